The van der Waals surface area contributed by atoms with Crippen LogP contribution in [0.4, 0.5) is 13.2 Å². The average Bonchev–Trinajstić information content (AvgIpc) is 2.43. The molecular weight excluding hydrogens is 207 g/mol. The van der Waals surface area contributed by atoms with Gasteiger partial charge in [-0.25, -0.2) is 0 Å². The molecule has 0 spiro atoms. The first-order valence-electron chi connectivity index (χ1n) is 3.98. The molecule has 2 bridgehead atoms. The fourth-order valence-electron chi connectivity index (χ4n) is 2.19. The van der Waals surface area contributed by atoms with Crippen molar-refractivity contribution >= 4 is 12.4 Å². The maximum Gasteiger partial charge on any atom is 0.418 e. The number of hydrogen-bond donors (Lipinski definition) is 2. The summed E-state index contributed by atoms with van der Waals surface area (Å²) in [5, 5.41) is 12.1. The summed E-state index contributed by atoms with van der Waals surface area (Å²) in [5.41, 5.74) is -2.46. The van der Waals surface area contributed by atoms with Gasteiger partial charge in [-0.2, -0.15) is 13.2 Å². The van der Waals surface area contributed by atoms with Gasteiger partial charge in [0.1, 0.15) is 0 Å². The summed E-state index contributed by atoms with van der Waals surface area (Å²) in [5.74, 6) is 0. The lowest BCUT2D eigenvalue weighted by atomic mass is 9.84. The minimum Gasteiger partial charge on any atom is -0.379 e. The number of fused-ring (bicyclic) bond motifs is 2. The lowest BCUT2D eigenvalue weighted by Gasteiger charge is -2.32. The first-order chi connectivity index (χ1) is 5.43. The van der Waals surface area contributed by atoms with Gasteiger partial charge in [-0.3, -0.25) is 0 Å². The molecule has 2 saturated heterocycles. The van der Waals surface area contributed by atoms with Crippen LogP contribution in [-0.4, -0.2) is 29.0 Å². The van der Waals surface area contributed by atoms with Crippen LogP contribution in [0.5, 0.6) is 0 Å². The fourth-order valence-corrected chi connectivity index (χ4v) is 2.19. The quantitative estimate of drug-likeness (QED) is 0.640. The van der Waals surface area contributed by atoms with Crippen LogP contribution in [-0.2, 0) is 0 Å². The molecule has 13 heavy (non-hydrogen) atoms. The van der Waals surface area contributed by atoms with E-state index < -0.39 is 17.8 Å². The van der Waals surface area contributed by atoms with Crippen molar-refractivity contribution in [1.82, 2.24) is 5.32 Å². The zero-order chi connectivity index (χ0) is 8.98. The van der Waals surface area contributed by atoms with E-state index in [2.05, 4.69) is 5.32 Å². The van der Waals surface area contributed by atoms with E-state index in [9.17, 15) is 18.3 Å². The van der Waals surface area contributed by atoms with Crippen LogP contribution in [0.25, 0.3) is 0 Å². The second kappa shape index (κ2) is 3.00. The number of halogens is 4. The number of hydrogen-bond acceptors (Lipinski definition) is 2. The third-order valence-corrected chi connectivity index (χ3v) is 2.87. The Balaban J connectivity index is 0.000000845. The normalized spacial score (nSPS) is 43.4. The van der Waals surface area contributed by atoms with Crippen molar-refractivity contribution in [1.29, 1.82) is 0 Å². The molecule has 0 aromatic rings. The number of alkyl halides is 3. The van der Waals surface area contributed by atoms with Gasteiger partial charge in [-0.05, 0) is 12.8 Å². The third-order valence-electron chi connectivity index (χ3n) is 2.87. The van der Waals surface area contributed by atoms with Gasteiger partial charge in [-0.1, -0.05) is 0 Å². The van der Waals surface area contributed by atoms with E-state index in [-0.39, 0.29) is 24.9 Å². The molecule has 3 atom stereocenters. The van der Waals surface area contributed by atoms with E-state index in [1.54, 1.807) is 0 Å². The van der Waals surface area contributed by atoms with Crippen molar-refractivity contribution in [2.45, 2.75) is 43.1 Å². The maximum atomic E-state index is 12.3. The lowest BCUT2D eigenvalue weighted by molar-refractivity contribution is -0.265. The highest BCUT2D eigenvalue weighted by molar-refractivity contribution is 5.85. The van der Waals surface area contributed by atoms with Crippen molar-refractivity contribution in [3.8, 4) is 0 Å². The minimum absolute atomic E-state index is 0. The lowest BCUT2D eigenvalue weighted by Crippen LogP contribution is -2.53. The van der Waals surface area contributed by atoms with Crippen LogP contribution < -0.4 is 5.32 Å². The molecule has 6 heteroatoms. The Labute approximate surface area is 79.9 Å². The maximum absolute atomic E-state index is 12.3. The van der Waals surface area contributed by atoms with E-state index in [0.717, 1.165) is 6.42 Å². The van der Waals surface area contributed by atoms with Crippen LogP contribution in [0, 0.1) is 0 Å². The number of rotatable bonds is 0. The van der Waals surface area contributed by atoms with Gasteiger partial charge in [0.15, 0.2) is 5.60 Å². The highest BCUT2D eigenvalue weighted by Crippen LogP contribution is 2.46. The van der Waals surface area contributed by atoms with Crippen LogP contribution >= 0.6 is 12.4 Å². The van der Waals surface area contributed by atoms with Crippen molar-refractivity contribution in [3.05, 3.63) is 0 Å². The number of aliphatic hydroxyl groups is 1. The summed E-state index contributed by atoms with van der Waals surface area (Å²) in [6.45, 7) is 0. The van der Waals surface area contributed by atoms with Gasteiger partial charge in [0.25, 0.3) is 0 Å². The van der Waals surface area contributed by atoms with Crippen LogP contribution in [0.15, 0.2) is 0 Å². The van der Waals surface area contributed by atoms with Gasteiger partial charge in [0, 0.05) is 18.5 Å². The zero-order valence-corrected chi connectivity index (χ0v) is 7.58. The molecule has 2 aliphatic heterocycles. The van der Waals surface area contributed by atoms with Crippen molar-refractivity contribution in [2.24, 2.45) is 0 Å². The monoisotopic (exact) mass is 217 g/mol. The Morgan fingerprint density at radius 3 is 2.15 bits per heavy atom. The van der Waals surface area contributed by atoms with Crippen molar-refractivity contribution in [3.63, 3.8) is 0 Å². The predicted octanol–water partition coefficient (Wildman–Crippen LogP) is 1.23. The van der Waals surface area contributed by atoms with Crippen LogP contribution in [0.2, 0.25) is 0 Å². The summed E-state index contributed by atoms with van der Waals surface area (Å²) >= 11 is 0. The van der Waals surface area contributed by atoms with Gasteiger partial charge in [0.2, 0.25) is 0 Å². The fraction of sp³-hybridized carbons (Fsp3) is 1.00. The Hall–Kier alpha value is -0.0000000000000000486. The molecule has 2 nitrogen and oxygen atoms in total. The summed E-state index contributed by atoms with van der Waals surface area (Å²) < 4.78 is 36.9. The van der Waals surface area contributed by atoms with Gasteiger partial charge >= 0.3 is 6.18 Å². The second-order valence-electron chi connectivity index (χ2n) is 3.62. The Morgan fingerprint density at radius 2 is 1.92 bits per heavy atom. The van der Waals surface area contributed by atoms with Crippen LogP contribution in [0.1, 0.15) is 19.3 Å². The molecule has 0 saturated carbocycles. The molecule has 2 heterocycles. The van der Waals surface area contributed by atoms with Crippen molar-refractivity contribution < 1.29 is 18.3 Å². The Kier molecular flexibility index (Phi) is 2.56. The summed E-state index contributed by atoms with van der Waals surface area (Å²) in [4.78, 5) is 0. The largest absolute Gasteiger partial charge is 0.418 e. The van der Waals surface area contributed by atoms with E-state index in [1.165, 1.54) is 0 Å². The zero-order valence-electron chi connectivity index (χ0n) is 6.77. The van der Waals surface area contributed by atoms with Gasteiger partial charge < -0.3 is 10.4 Å². The summed E-state index contributed by atoms with van der Waals surface area (Å²) in [7, 11) is 0. The standard InChI is InChI=1S/C7H10F3NO.ClH/c8-7(9,10)6(12)3-4-1-2-5(6)11-4;/h4-5,11-12H,1-3H2;1H/t4-,5+,6+;/m0./s1. The molecule has 0 amide bonds. The number of nitrogens with one attached hydrogen (secondary N) is 1. The molecular formula is C7H11ClF3NO. The van der Waals surface area contributed by atoms with Gasteiger partial charge in [0.05, 0.1) is 0 Å². The Morgan fingerprint density at radius 1 is 1.31 bits per heavy atom. The molecule has 2 fully saturated rings. The molecule has 2 aliphatic rings. The average molecular weight is 218 g/mol. The molecule has 0 unspecified atom stereocenters. The van der Waals surface area contributed by atoms with Crippen LogP contribution in [0.3, 0.4) is 0 Å². The molecule has 0 aliphatic carbocycles. The SMILES string of the molecule is Cl.O[C@]1(C(F)(F)F)C[C@@H]2CC[C@H]1N2. The molecule has 2 rings (SSSR count). The third kappa shape index (κ3) is 1.43. The van der Waals surface area contributed by atoms with E-state index in [4.69, 9.17) is 0 Å². The van der Waals surface area contributed by atoms with E-state index in [0.29, 0.717) is 6.42 Å². The first-order valence-corrected chi connectivity index (χ1v) is 3.98. The molecule has 78 valence electrons. The summed E-state index contributed by atoms with van der Waals surface area (Å²) in [6, 6.07) is -0.913. The second-order valence-corrected chi connectivity index (χ2v) is 3.62. The first kappa shape index (κ1) is 11.1. The van der Waals surface area contributed by atoms with Crippen molar-refractivity contribution in [2.75, 3.05) is 0 Å². The van der Waals surface area contributed by atoms with E-state index in [1.807, 2.05) is 0 Å². The van der Waals surface area contributed by atoms with Gasteiger partial charge in [-0.15, -0.1) is 12.4 Å². The smallest absolute Gasteiger partial charge is 0.379 e. The predicted molar refractivity (Wildman–Crippen MR) is 42.8 cm³/mol. The summed E-state index contributed by atoms with van der Waals surface area (Å²) in [6.07, 6.45) is -3.48. The highest BCUT2D eigenvalue weighted by Gasteiger charge is 2.64. The highest BCUT2D eigenvalue weighted by atomic mass is 35.5. The molecule has 0 aromatic carbocycles. The minimum atomic E-state index is -4.49. The molecule has 2 N–H and O–H groups in total. The molecule has 0 radical (unpaired) electrons. The Bertz CT molecular complexity index is 210. The topological polar surface area (TPSA) is 32.3 Å². The van der Waals surface area contributed by atoms with E-state index >= 15 is 0 Å². The molecule has 0 aromatic heterocycles.